The predicted octanol–water partition coefficient (Wildman–Crippen LogP) is 2.97. The molecule has 8 heteroatoms. The van der Waals surface area contributed by atoms with Crippen LogP contribution in [0.15, 0.2) is 48.0 Å². The van der Waals surface area contributed by atoms with Crippen LogP contribution < -0.4 is 9.47 Å². The van der Waals surface area contributed by atoms with E-state index in [4.69, 9.17) is 9.47 Å². The van der Waals surface area contributed by atoms with Crippen molar-refractivity contribution in [2.45, 2.75) is 12.5 Å². The van der Waals surface area contributed by atoms with E-state index < -0.39 is 23.5 Å². The number of hydrogen-bond acceptors (Lipinski definition) is 6. The lowest BCUT2D eigenvalue weighted by Gasteiger charge is -2.26. The first-order chi connectivity index (χ1) is 15.4. The molecule has 1 amide bonds. The standard InChI is InChI=1S/C24H25FN2O5/c1-26(2)10-3-11-27-21(15-4-7-17(25)8-5-15)20(23(29)24(27)30)22(28)16-6-9-18-19(14-16)32-13-12-31-18/h4-9,14,21,28H,3,10-13H2,1-2H3/t21-/m1/s1. The van der Waals surface area contributed by atoms with E-state index in [9.17, 15) is 19.1 Å². The zero-order chi connectivity index (χ0) is 22.8. The van der Waals surface area contributed by atoms with Gasteiger partial charge in [0.2, 0.25) is 0 Å². The summed E-state index contributed by atoms with van der Waals surface area (Å²) >= 11 is 0. The first-order valence-corrected chi connectivity index (χ1v) is 10.5. The summed E-state index contributed by atoms with van der Waals surface area (Å²) in [5.41, 5.74) is 0.866. The number of ether oxygens (including phenoxy) is 2. The molecule has 7 nitrogen and oxygen atoms in total. The first-order valence-electron chi connectivity index (χ1n) is 10.5. The fraction of sp³-hybridized carbons (Fsp3) is 0.333. The number of benzene rings is 2. The Hall–Kier alpha value is -3.39. The minimum absolute atomic E-state index is 0.0249. The Kier molecular flexibility index (Phi) is 6.14. The van der Waals surface area contributed by atoms with E-state index in [1.54, 1.807) is 18.2 Å². The van der Waals surface area contributed by atoms with E-state index in [0.29, 0.717) is 48.8 Å². The Morgan fingerprint density at radius 3 is 2.47 bits per heavy atom. The number of aliphatic hydroxyl groups excluding tert-OH is 1. The molecule has 0 bridgehead atoms. The third-order valence-corrected chi connectivity index (χ3v) is 5.55. The van der Waals surface area contributed by atoms with Gasteiger partial charge in [-0.15, -0.1) is 0 Å². The van der Waals surface area contributed by atoms with Gasteiger partial charge in [0.15, 0.2) is 11.5 Å². The fourth-order valence-corrected chi connectivity index (χ4v) is 4.01. The molecule has 0 unspecified atom stereocenters. The number of ketones is 1. The number of amides is 1. The zero-order valence-corrected chi connectivity index (χ0v) is 18.0. The molecule has 1 saturated heterocycles. The molecule has 32 heavy (non-hydrogen) atoms. The second-order valence-corrected chi connectivity index (χ2v) is 8.06. The molecule has 0 aliphatic carbocycles. The maximum atomic E-state index is 13.6. The summed E-state index contributed by atoms with van der Waals surface area (Å²) in [6.07, 6.45) is 0.641. The molecule has 168 valence electrons. The van der Waals surface area contributed by atoms with Gasteiger partial charge >= 0.3 is 0 Å². The summed E-state index contributed by atoms with van der Waals surface area (Å²) in [4.78, 5) is 29.4. The fourth-order valence-electron chi connectivity index (χ4n) is 4.01. The van der Waals surface area contributed by atoms with Crippen LogP contribution in [0.25, 0.3) is 5.76 Å². The minimum atomic E-state index is -0.814. The Morgan fingerprint density at radius 2 is 1.78 bits per heavy atom. The average Bonchev–Trinajstić information content (AvgIpc) is 3.03. The number of carbonyl (C=O) groups is 2. The van der Waals surface area contributed by atoms with Gasteiger partial charge in [-0.1, -0.05) is 12.1 Å². The van der Waals surface area contributed by atoms with Gasteiger partial charge in [-0.3, -0.25) is 9.59 Å². The maximum Gasteiger partial charge on any atom is 0.295 e. The molecule has 0 aromatic heterocycles. The van der Waals surface area contributed by atoms with Crippen LogP contribution >= 0.6 is 0 Å². The number of carbonyl (C=O) groups excluding carboxylic acids is 2. The number of halogens is 1. The van der Waals surface area contributed by atoms with Crippen molar-refractivity contribution in [3.8, 4) is 11.5 Å². The van der Waals surface area contributed by atoms with E-state index >= 15 is 0 Å². The SMILES string of the molecule is CN(C)CCCN1C(=O)C(=O)C(=C(O)c2ccc3c(c2)OCCO3)[C@H]1c1ccc(F)cc1. The number of rotatable bonds is 6. The summed E-state index contributed by atoms with van der Waals surface area (Å²) < 4.78 is 24.6. The number of likely N-dealkylation sites (tertiary alicyclic amines) is 1. The highest BCUT2D eigenvalue weighted by Gasteiger charge is 2.45. The molecule has 1 atom stereocenters. The summed E-state index contributed by atoms with van der Waals surface area (Å²) in [7, 11) is 3.85. The second kappa shape index (κ2) is 9.00. The van der Waals surface area contributed by atoms with Gasteiger partial charge in [0, 0.05) is 12.1 Å². The van der Waals surface area contributed by atoms with Crippen molar-refractivity contribution in [2.24, 2.45) is 0 Å². The van der Waals surface area contributed by atoms with Crippen LogP contribution in [0.2, 0.25) is 0 Å². The highest BCUT2D eigenvalue weighted by Crippen LogP contribution is 2.41. The van der Waals surface area contributed by atoms with Crippen LogP contribution in [-0.4, -0.2) is 67.0 Å². The number of fused-ring (bicyclic) bond motifs is 1. The smallest absolute Gasteiger partial charge is 0.295 e. The van der Waals surface area contributed by atoms with E-state index in [2.05, 4.69) is 0 Å². The molecule has 1 fully saturated rings. The van der Waals surface area contributed by atoms with Gasteiger partial charge in [0.25, 0.3) is 11.7 Å². The third-order valence-electron chi connectivity index (χ3n) is 5.55. The minimum Gasteiger partial charge on any atom is -0.507 e. The van der Waals surface area contributed by atoms with Crippen molar-refractivity contribution in [3.05, 3.63) is 65.0 Å². The van der Waals surface area contributed by atoms with Crippen molar-refractivity contribution in [2.75, 3.05) is 40.4 Å². The van der Waals surface area contributed by atoms with E-state index in [1.165, 1.54) is 29.2 Å². The molecule has 2 heterocycles. The summed E-state index contributed by atoms with van der Waals surface area (Å²) in [6, 6.07) is 9.66. The second-order valence-electron chi connectivity index (χ2n) is 8.06. The quantitative estimate of drug-likeness (QED) is 0.423. The van der Waals surface area contributed by atoms with Crippen molar-refractivity contribution in [3.63, 3.8) is 0 Å². The Bertz CT molecular complexity index is 1060. The molecular weight excluding hydrogens is 415 g/mol. The molecule has 0 spiro atoms. The van der Waals surface area contributed by atoms with E-state index in [-0.39, 0.29) is 11.3 Å². The van der Waals surface area contributed by atoms with Crippen LogP contribution in [-0.2, 0) is 9.59 Å². The Labute approximate surface area is 185 Å². The summed E-state index contributed by atoms with van der Waals surface area (Å²) in [6.45, 7) is 1.86. The van der Waals surface area contributed by atoms with Gasteiger partial charge in [0.1, 0.15) is 24.8 Å². The highest BCUT2D eigenvalue weighted by molar-refractivity contribution is 6.46. The van der Waals surface area contributed by atoms with Crippen molar-refractivity contribution in [1.29, 1.82) is 0 Å². The highest BCUT2D eigenvalue weighted by atomic mass is 19.1. The first kappa shape index (κ1) is 21.8. The van der Waals surface area contributed by atoms with E-state index in [0.717, 1.165) is 6.54 Å². The molecule has 0 saturated carbocycles. The number of hydrogen-bond donors (Lipinski definition) is 1. The topological polar surface area (TPSA) is 79.3 Å². The lowest BCUT2D eigenvalue weighted by atomic mass is 9.95. The van der Waals surface area contributed by atoms with Gasteiger partial charge in [0.05, 0.1) is 11.6 Å². The molecule has 2 aromatic rings. The molecule has 2 aromatic carbocycles. The Balaban J connectivity index is 1.77. The molecule has 1 N–H and O–H groups in total. The van der Waals surface area contributed by atoms with Crippen LogP contribution in [0.1, 0.15) is 23.6 Å². The van der Waals surface area contributed by atoms with Crippen LogP contribution in [0, 0.1) is 5.82 Å². The van der Waals surface area contributed by atoms with Crippen LogP contribution in [0.3, 0.4) is 0 Å². The maximum absolute atomic E-state index is 13.6. The van der Waals surface area contributed by atoms with Crippen LogP contribution in [0.4, 0.5) is 4.39 Å². The predicted molar refractivity (Wildman–Crippen MR) is 116 cm³/mol. The van der Waals surface area contributed by atoms with Crippen molar-refractivity contribution in [1.82, 2.24) is 9.80 Å². The summed E-state index contributed by atoms with van der Waals surface area (Å²) in [5.74, 6) is -1.17. The average molecular weight is 440 g/mol. The van der Waals surface area contributed by atoms with Crippen LogP contribution in [0.5, 0.6) is 11.5 Å². The lowest BCUT2D eigenvalue weighted by Crippen LogP contribution is -2.32. The molecule has 2 aliphatic heterocycles. The van der Waals surface area contributed by atoms with Crippen molar-refractivity contribution < 1.29 is 28.6 Å². The van der Waals surface area contributed by atoms with Gasteiger partial charge in [-0.2, -0.15) is 0 Å². The number of aliphatic hydroxyl groups is 1. The van der Waals surface area contributed by atoms with Gasteiger partial charge in [-0.25, -0.2) is 4.39 Å². The lowest BCUT2D eigenvalue weighted by molar-refractivity contribution is -0.139. The normalized spacial score (nSPS) is 19.6. The van der Waals surface area contributed by atoms with Crippen molar-refractivity contribution >= 4 is 17.4 Å². The van der Waals surface area contributed by atoms with E-state index in [1.807, 2.05) is 19.0 Å². The number of Topliss-reactive ketones (excluding diaryl/α,β-unsaturated/α-hetero) is 1. The molecule has 2 aliphatic rings. The molecular formula is C24H25FN2O5. The van der Waals surface area contributed by atoms with Gasteiger partial charge < -0.3 is 24.4 Å². The molecule has 4 rings (SSSR count). The monoisotopic (exact) mass is 440 g/mol. The zero-order valence-electron chi connectivity index (χ0n) is 18.0. The Morgan fingerprint density at radius 1 is 1.09 bits per heavy atom. The molecule has 0 radical (unpaired) electrons. The third kappa shape index (κ3) is 4.18. The van der Waals surface area contributed by atoms with Gasteiger partial charge in [-0.05, 0) is 63.0 Å². The number of nitrogens with zero attached hydrogens (tertiary/aromatic N) is 2. The summed E-state index contributed by atoms with van der Waals surface area (Å²) in [5, 5.41) is 11.1. The largest absolute Gasteiger partial charge is 0.507 e.